The molecule has 6 heteroatoms. The molecule has 0 radical (unpaired) electrons. The van der Waals surface area contributed by atoms with Crippen LogP contribution in [0.1, 0.15) is 6.92 Å². The zero-order valence-electron chi connectivity index (χ0n) is 13.1. The number of hydrogen-bond acceptors (Lipinski definition) is 3. The van der Waals surface area contributed by atoms with Gasteiger partial charge < -0.3 is 5.32 Å². The van der Waals surface area contributed by atoms with Crippen LogP contribution in [-0.4, -0.2) is 20.9 Å². The fourth-order valence-electron chi connectivity index (χ4n) is 2.22. The topological polar surface area (TPSA) is 66.9 Å². The number of thioether (sulfide) groups is 1. The summed E-state index contributed by atoms with van der Waals surface area (Å²) in [6.07, 6.45) is 0. The fraction of sp³-hybridized carbons (Fsp3) is 0.111. The molecule has 1 unspecified atom stereocenters. The van der Waals surface area contributed by atoms with Crippen molar-refractivity contribution >= 4 is 23.5 Å². The number of benzene rings is 2. The van der Waals surface area contributed by atoms with Gasteiger partial charge in [0.25, 0.3) is 5.56 Å². The third-order valence-corrected chi connectivity index (χ3v) is 4.53. The molecule has 0 aliphatic rings. The molecule has 0 spiro atoms. The molecule has 0 fully saturated rings. The van der Waals surface area contributed by atoms with Crippen molar-refractivity contribution in [1.29, 1.82) is 0 Å². The molecule has 0 aliphatic carbocycles. The minimum absolute atomic E-state index is 0.162. The normalized spacial score (nSPS) is 11.9. The second-order valence-electron chi connectivity index (χ2n) is 5.24. The highest BCUT2D eigenvalue weighted by atomic mass is 32.2. The molecule has 24 heavy (non-hydrogen) atoms. The molecule has 0 saturated carbocycles. The number of amides is 1. The smallest absolute Gasteiger partial charge is 0.273 e. The molecule has 1 atom stereocenters. The molecule has 3 rings (SSSR count). The second-order valence-corrected chi connectivity index (χ2v) is 6.66. The summed E-state index contributed by atoms with van der Waals surface area (Å²) in [6, 6.07) is 20.3. The molecule has 5 nitrogen and oxygen atoms in total. The van der Waals surface area contributed by atoms with Gasteiger partial charge in [-0.05, 0) is 31.2 Å². The summed E-state index contributed by atoms with van der Waals surface area (Å²) in [5.74, 6) is 0.222. The summed E-state index contributed by atoms with van der Waals surface area (Å²) in [7, 11) is 0. The highest BCUT2D eigenvalue weighted by Gasteiger charge is 2.16. The first-order valence-corrected chi connectivity index (χ1v) is 8.41. The number of hydrogen-bond donors (Lipinski definition) is 2. The van der Waals surface area contributed by atoms with Gasteiger partial charge in [-0.2, -0.15) is 0 Å². The van der Waals surface area contributed by atoms with E-state index in [9.17, 15) is 9.59 Å². The van der Waals surface area contributed by atoms with E-state index in [-0.39, 0.29) is 16.7 Å². The first-order valence-electron chi connectivity index (χ1n) is 7.53. The largest absolute Gasteiger partial charge is 0.310 e. The van der Waals surface area contributed by atoms with Gasteiger partial charge in [-0.3, -0.25) is 14.7 Å². The predicted molar refractivity (Wildman–Crippen MR) is 96.8 cm³/mol. The van der Waals surface area contributed by atoms with E-state index < -0.39 is 0 Å². The molecular weight excluding hydrogens is 322 g/mol. The van der Waals surface area contributed by atoms with Crippen molar-refractivity contribution in [3.05, 3.63) is 77.1 Å². The molecule has 3 aromatic rings. The summed E-state index contributed by atoms with van der Waals surface area (Å²) < 4.78 is 1.39. The van der Waals surface area contributed by atoms with E-state index in [0.29, 0.717) is 5.82 Å². The van der Waals surface area contributed by atoms with E-state index in [1.54, 1.807) is 0 Å². The summed E-state index contributed by atoms with van der Waals surface area (Å²) in [5.41, 5.74) is 0.495. The van der Waals surface area contributed by atoms with Gasteiger partial charge in [0.15, 0.2) is 0 Å². The van der Waals surface area contributed by atoms with Crippen molar-refractivity contribution in [3.63, 3.8) is 0 Å². The van der Waals surface area contributed by atoms with Crippen LogP contribution in [0.15, 0.2) is 76.4 Å². The van der Waals surface area contributed by atoms with E-state index in [4.69, 9.17) is 0 Å². The third kappa shape index (κ3) is 3.78. The van der Waals surface area contributed by atoms with Crippen molar-refractivity contribution in [2.24, 2.45) is 0 Å². The monoisotopic (exact) mass is 339 g/mol. The van der Waals surface area contributed by atoms with Gasteiger partial charge in [0, 0.05) is 11.0 Å². The van der Waals surface area contributed by atoms with E-state index in [1.807, 2.05) is 67.6 Å². The fourth-order valence-corrected chi connectivity index (χ4v) is 3.11. The Balaban J connectivity index is 1.70. The van der Waals surface area contributed by atoms with E-state index >= 15 is 0 Å². The number of carbonyl (C=O) groups excluding carboxylic acids is 1. The predicted octanol–water partition coefficient (Wildman–Crippen LogP) is 3.28. The summed E-state index contributed by atoms with van der Waals surface area (Å²) in [4.78, 5) is 25.4. The lowest BCUT2D eigenvalue weighted by molar-refractivity contribution is -0.115. The Bertz CT molecular complexity index is 872. The van der Waals surface area contributed by atoms with Gasteiger partial charge >= 0.3 is 0 Å². The Kier molecular flexibility index (Phi) is 4.86. The van der Waals surface area contributed by atoms with Crippen molar-refractivity contribution in [3.8, 4) is 5.69 Å². The number of aromatic nitrogens is 2. The number of rotatable bonds is 5. The molecule has 122 valence electrons. The van der Waals surface area contributed by atoms with Crippen LogP contribution in [0.5, 0.6) is 0 Å². The summed E-state index contributed by atoms with van der Waals surface area (Å²) in [5, 5.41) is 5.39. The number of aromatic amines is 1. The van der Waals surface area contributed by atoms with Gasteiger partial charge in [-0.15, -0.1) is 11.8 Å². The van der Waals surface area contributed by atoms with Crippen LogP contribution in [0.3, 0.4) is 0 Å². The van der Waals surface area contributed by atoms with Gasteiger partial charge in [-0.25, -0.2) is 4.68 Å². The van der Waals surface area contributed by atoms with E-state index in [0.717, 1.165) is 10.6 Å². The first-order chi connectivity index (χ1) is 11.6. The number of carbonyl (C=O) groups is 1. The maximum absolute atomic E-state index is 12.3. The molecular formula is C18H17N3O2S. The van der Waals surface area contributed by atoms with Gasteiger partial charge in [0.1, 0.15) is 5.82 Å². The van der Waals surface area contributed by atoms with Crippen LogP contribution in [0.4, 0.5) is 5.82 Å². The maximum Gasteiger partial charge on any atom is 0.273 e. The maximum atomic E-state index is 12.3. The number of nitrogens with one attached hydrogen (secondary N) is 2. The molecule has 0 saturated heterocycles. The highest BCUT2D eigenvalue weighted by molar-refractivity contribution is 8.00. The minimum Gasteiger partial charge on any atom is -0.310 e. The third-order valence-electron chi connectivity index (χ3n) is 3.42. The average molecular weight is 339 g/mol. The Labute approximate surface area is 143 Å². The molecule has 2 aromatic carbocycles. The van der Waals surface area contributed by atoms with Gasteiger partial charge in [-0.1, -0.05) is 36.4 Å². The van der Waals surface area contributed by atoms with Crippen LogP contribution in [0, 0.1) is 0 Å². The van der Waals surface area contributed by atoms with Crippen LogP contribution in [0.2, 0.25) is 0 Å². The van der Waals surface area contributed by atoms with E-state index in [2.05, 4.69) is 10.4 Å². The van der Waals surface area contributed by atoms with Gasteiger partial charge in [0.05, 0.1) is 10.9 Å². The van der Waals surface area contributed by atoms with Crippen LogP contribution in [-0.2, 0) is 4.79 Å². The molecule has 2 N–H and O–H groups in total. The molecule has 1 aromatic heterocycles. The Morgan fingerprint density at radius 3 is 2.38 bits per heavy atom. The Hall–Kier alpha value is -2.73. The summed E-state index contributed by atoms with van der Waals surface area (Å²) >= 11 is 1.47. The van der Waals surface area contributed by atoms with Crippen LogP contribution >= 0.6 is 11.8 Å². The lowest BCUT2D eigenvalue weighted by Gasteiger charge is -2.10. The molecule has 1 heterocycles. The number of anilines is 1. The standard InChI is InChI=1S/C18H17N3O2S/c1-13(24-15-10-6-3-7-11-15)18(23)19-16-12-17(22)21(20-16)14-8-4-2-5-9-14/h2-13,20H,1H3,(H,19,23). The SMILES string of the molecule is CC(Sc1ccccc1)C(=O)Nc1cc(=O)n(-c2ccccc2)[nH]1. The Morgan fingerprint density at radius 2 is 1.71 bits per heavy atom. The van der Waals surface area contributed by atoms with Crippen molar-refractivity contribution < 1.29 is 4.79 Å². The molecule has 1 amide bonds. The highest BCUT2D eigenvalue weighted by Crippen LogP contribution is 2.23. The van der Waals surface area contributed by atoms with Crippen molar-refractivity contribution in [1.82, 2.24) is 9.78 Å². The lowest BCUT2D eigenvalue weighted by atomic mass is 10.3. The number of nitrogens with zero attached hydrogens (tertiary/aromatic N) is 1. The average Bonchev–Trinajstić information content (AvgIpc) is 2.97. The van der Waals surface area contributed by atoms with E-state index in [1.165, 1.54) is 22.5 Å². The zero-order valence-corrected chi connectivity index (χ0v) is 13.9. The second kappa shape index (κ2) is 7.23. The lowest BCUT2D eigenvalue weighted by Crippen LogP contribution is -2.22. The number of H-pyrrole nitrogens is 1. The van der Waals surface area contributed by atoms with Crippen molar-refractivity contribution in [2.45, 2.75) is 17.1 Å². The van der Waals surface area contributed by atoms with Gasteiger partial charge in [0.2, 0.25) is 5.91 Å². The van der Waals surface area contributed by atoms with Crippen LogP contribution in [0.25, 0.3) is 5.69 Å². The van der Waals surface area contributed by atoms with Crippen LogP contribution < -0.4 is 10.9 Å². The zero-order chi connectivity index (χ0) is 16.9. The quantitative estimate of drug-likeness (QED) is 0.701. The first kappa shape index (κ1) is 16.1. The molecule has 0 bridgehead atoms. The van der Waals surface area contributed by atoms with Crippen molar-refractivity contribution in [2.75, 3.05) is 5.32 Å². The minimum atomic E-state index is -0.282. The Morgan fingerprint density at radius 1 is 1.08 bits per heavy atom. The number of para-hydroxylation sites is 1. The molecule has 0 aliphatic heterocycles. The summed E-state index contributed by atoms with van der Waals surface area (Å²) in [6.45, 7) is 1.83.